The second kappa shape index (κ2) is 6.35. The summed E-state index contributed by atoms with van der Waals surface area (Å²) in [6.07, 6.45) is 0. The average Bonchev–Trinajstić information content (AvgIpc) is 2.30. The summed E-state index contributed by atoms with van der Waals surface area (Å²) in [7, 11) is 5.64. The van der Waals surface area contributed by atoms with Gasteiger partial charge in [0.25, 0.3) is 0 Å². The predicted octanol–water partition coefficient (Wildman–Crippen LogP) is 0.963. The van der Waals surface area contributed by atoms with Crippen molar-refractivity contribution in [2.45, 2.75) is 6.04 Å². The summed E-state index contributed by atoms with van der Waals surface area (Å²) in [5.74, 6) is 1.66. The highest BCUT2D eigenvalue weighted by atomic mass is 16.5. The van der Waals surface area contributed by atoms with E-state index in [9.17, 15) is 0 Å². The zero-order valence-corrected chi connectivity index (χ0v) is 10.1. The fourth-order valence-electron chi connectivity index (χ4n) is 1.29. The number of benzene rings is 1. The Kier molecular flexibility index (Phi) is 5.08. The first-order valence-corrected chi connectivity index (χ1v) is 5.30. The Morgan fingerprint density at radius 3 is 2.19 bits per heavy atom. The van der Waals surface area contributed by atoms with Crippen LogP contribution in [0, 0.1) is 0 Å². The lowest BCUT2D eigenvalue weighted by atomic mass is 10.3. The third-order valence-corrected chi connectivity index (χ3v) is 2.50. The molecule has 1 unspecified atom stereocenters. The van der Waals surface area contributed by atoms with Crippen LogP contribution in [0.2, 0.25) is 0 Å². The van der Waals surface area contributed by atoms with Crippen molar-refractivity contribution in [3.8, 4) is 11.5 Å². The number of ether oxygens (including phenoxy) is 2. The molecule has 4 heteroatoms. The number of methoxy groups -OCH3 is 1. The quantitative estimate of drug-likeness (QED) is 0.782. The van der Waals surface area contributed by atoms with Gasteiger partial charge in [-0.2, -0.15) is 0 Å². The predicted molar refractivity (Wildman–Crippen MR) is 65.0 cm³/mol. The highest BCUT2D eigenvalue weighted by Crippen LogP contribution is 2.17. The molecule has 0 bridgehead atoms. The fourth-order valence-corrected chi connectivity index (χ4v) is 1.29. The van der Waals surface area contributed by atoms with Crippen LogP contribution in [0.25, 0.3) is 0 Å². The molecule has 0 spiro atoms. The molecule has 0 heterocycles. The Labute approximate surface area is 96.9 Å². The molecule has 0 aromatic heterocycles. The van der Waals surface area contributed by atoms with Gasteiger partial charge in [-0.05, 0) is 38.4 Å². The summed E-state index contributed by atoms with van der Waals surface area (Å²) >= 11 is 0. The van der Waals surface area contributed by atoms with Crippen molar-refractivity contribution in [3.63, 3.8) is 0 Å². The van der Waals surface area contributed by atoms with E-state index >= 15 is 0 Å². The molecule has 1 aromatic carbocycles. The molecular weight excluding hydrogens is 204 g/mol. The molecule has 0 saturated carbocycles. The van der Waals surface area contributed by atoms with Gasteiger partial charge in [0.1, 0.15) is 18.1 Å². The Morgan fingerprint density at radius 2 is 1.75 bits per heavy atom. The van der Waals surface area contributed by atoms with E-state index in [1.165, 1.54) is 0 Å². The molecule has 1 aromatic rings. The van der Waals surface area contributed by atoms with Crippen LogP contribution in [0.4, 0.5) is 0 Å². The van der Waals surface area contributed by atoms with Crippen LogP contribution in [0.5, 0.6) is 11.5 Å². The Morgan fingerprint density at radius 1 is 1.19 bits per heavy atom. The highest BCUT2D eigenvalue weighted by molar-refractivity contribution is 5.31. The first-order chi connectivity index (χ1) is 7.67. The van der Waals surface area contributed by atoms with Crippen molar-refractivity contribution in [2.75, 3.05) is 34.4 Å². The van der Waals surface area contributed by atoms with E-state index in [1.807, 2.05) is 38.4 Å². The van der Waals surface area contributed by atoms with Gasteiger partial charge in [0.2, 0.25) is 0 Å². The van der Waals surface area contributed by atoms with E-state index in [1.54, 1.807) is 7.11 Å². The summed E-state index contributed by atoms with van der Waals surface area (Å²) in [5.41, 5.74) is 5.64. The maximum absolute atomic E-state index is 5.64. The van der Waals surface area contributed by atoms with E-state index in [0.717, 1.165) is 11.5 Å². The van der Waals surface area contributed by atoms with Gasteiger partial charge in [-0.1, -0.05) is 0 Å². The third-order valence-electron chi connectivity index (χ3n) is 2.50. The van der Waals surface area contributed by atoms with E-state index < -0.39 is 0 Å². The molecule has 4 nitrogen and oxygen atoms in total. The molecule has 90 valence electrons. The second-order valence-corrected chi connectivity index (χ2v) is 3.84. The average molecular weight is 224 g/mol. The van der Waals surface area contributed by atoms with Crippen molar-refractivity contribution >= 4 is 0 Å². The van der Waals surface area contributed by atoms with Crippen molar-refractivity contribution in [1.29, 1.82) is 0 Å². The Hall–Kier alpha value is -1.26. The molecule has 0 radical (unpaired) electrons. The molecule has 1 rings (SSSR count). The summed E-state index contributed by atoms with van der Waals surface area (Å²) in [5, 5.41) is 0. The van der Waals surface area contributed by atoms with Crippen LogP contribution in [0.3, 0.4) is 0 Å². The fraction of sp³-hybridized carbons (Fsp3) is 0.500. The lowest BCUT2D eigenvalue weighted by molar-refractivity contribution is 0.190. The summed E-state index contributed by atoms with van der Waals surface area (Å²) in [4.78, 5) is 2.06. The van der Waals surface area contributed by atoms with Gasteiger partial charge in [0.05, 0.1) is 13.2 Å². The van der Waals surface area contributed by atoms with Crippen LogP contribution in [-0.2, 0) is 0 Å². The second-order valence-electron chi connectivity index (χ2n) is 3.84. The van der Waals surface area contributed by atoms with Crippen LogP contribution >= 0.6 is 0 Å². The molecule has 0 saturated heterocycles. The van der Waals surface area contributed by atoms with Gasteiger partial charge >= 0.3 is 0 Å². The lowest BCUT2D eigenvalue weighted by Gasteiger charge is -2.22. The molecule has 0 aliphatic carbocycles. The minimum Gasteiger partial charge on any atom is -0.497 e. The third kappa shape index (κ3) is 3.72. The van der Waals surface area contributed by atoms with Gasteiger partial charge in [-0.15, -0.1) is 0 Å². The van der Waals surface area contributed by atoms with E-state index in [-0.39, 0.29) is 6.04 Å². The maximum atomic E-state index is 5.64. The van der Waals surface area contributed by atoms with E-state index in [2.05, 4.69) is 4.90 Å². The Balaban J connectivity index is 2.47. The van der Waals surface area contributed by atoms with Crippen LogP contribution in [-0.4, -0.2) is 45.3 Å². The normalized spacial score (nSPS) is 12.6. The number of nitrogens with two attached hydrogens (primary N) is 1. The molecule has 0 amide bonds. The van der Waals surface area contributed by atoms with Crippen molar-refractivity contribution in [3.05, 3.63) is 24.3 Å². The molecular formula is C12H20N2O2. The number of hydrogen-bond donors (Lipinski definition) is 1. The van der Waals surface area contributed by atoms with Gasteiger partial charge < -0.3 is 20.1 Å². The van der Waals surface area contributed by atoms with E-state index in [0.29, 0.717) is 13.2 Å². The number of nitrogens with zero attached hydrogens (tertiary/aromatic N) is 1. The standard InChI is InChI=1S/C12H20N2O2/c1-14(2)10(8-13)9-16-12-6-4-11(15-3)5-7-12/h4-7,10H,8-9,13H2,1-3H3. The molecule has 0 aliphatic heterocycles. The van der Waals surface area contributed by atoms with Gasteiger partial charge in [-0.25, -0.2) is 0 Å². The van der Waals surface area contributed by atoms with Crippen molar-refractivity contribution in [1.82, 2.24) is 4.90 Å². The zero-order valence-electron chi connectivity index (χ0n) is 10.1. The summed E-state index contributed by atoms with van der Waals surface area (Å²) in [6.45, 7) is 1.18. The summed E-state index contributed by atoms with van der Waals surface area (Å²) in [6, 6.07) is 7.77. The molecule has 16 heavy (non-hydrogen) atoms. The smallest absolute Gasteiger partial charge is 0.119 e. The molecule has 1 atom stereocenters. The first-order valence-electron chi connectivity index (χ1n) is 5.30. The Bertz CT molecular complexity index is 298. The monoisotopic (exact) mass is 224 g/mol. The molecule has 0 aliphatic rings. The van der Waals surface area contributed by atoms with Gasteiger partial charge in [0, 0.05) is 6.54 Å². The maximum Gasteiger partial charge on any atom is 0.119 e. The highest BCUT2D eigenvalue weighted by Gasteiger charge is 2.09. The van der Waals surface area contributed by atoms with Crippen molar-refractivity contribution in [2.24, 2.45) is 5.73 Å². The van der Waals surface area contributed by atoms with Crippen LogP contribution in [0.15, 0.2) is 24.3 Å². The summed E-state index contributed by atoms with van der Waals surface area (Å²) < 4.78 is 10.7. The largest absolute Gasteiger partial charge is 0.497 e. The lowest BCUT2D eigenvalue weighted by Crippen LogP contribution is -2.39. The minimum atomic E-state index is 0.238. The van der Waals surface area contributed by atoms with Gasteiger partial charge in [0.15, 0.2) is 0 Å². The number of likely N-dealkylation sites (N-methyl/N-ethyl adjacent to an activating group) is 1. The number of hydrogen-bond acceptors (Lipinski definition) is 4. The first kappa shape index (κ1) is 12.8. The van der Waals surface area contributed by atoms with E-state index in [4.69, 9.17) is 15.2 Å². The topological polar surface area (TPSA) is 47.7 Å². The van der Waals surface area contributed by atoms with Crippen LogP contribution in [0.1, 0.15) is 0 Å². The van der Waals surface area contributed by atoms with Crippen LogP contribution < -0.4 is 15.2 Å². The van der Waals surface area contributed by atoms with Gasteiger partial charge in [-0.3, -0.25) is 0 Å². The molecule has 0 fully saturated rings. The minimum absolute atomic E-state index is 0.238. The molecule has 2 N–H and O–H groups in total. The SMILES string of the molecule is COc1ccc(OCC(CN)N(C)C)cc1. The number of rotatable bonds is 6. The zero-order chi connectivity index (χ0) is 12.0. The van der Waals surface area contributed by atoms with Crippen molar-refractivity contribution < 1.29 is 9.47 Å².